The van der Waals surface area contributed by atoms with E-state index in [-0.39, 0.29) is 11.6 Å². The van der Waals surface area contributed by atoms with E-state index in [0.717, 1.165) is 61.5 Å². The molecule has 1 N–H and O–H groups in total. The molecule has 7 heteroatoms. The van der Waals surface area contributed by atoms with Crippen molar-refractivity contribution in [1.82, 2.24) is 10.1 Å². The summed E-state index contributed by atoms with van der Waals surface area (Å²) in [5.41, 5.74) is 5.84. The summed E-state index contributed by atoms with van der Waals surface area (Å²) >= 11 is 0. The third-order valence-corrected chi connectivity index (χ3v) is 6.70. The molecule has 198 valence electrons. The number of para-hydroxylation sites is 1. The van der Waals surface area contributed by atoms with E-state index in [2.05, 4.69) is 24.0 Å². The van der Waals surface area contributed by atoms with Crippen molar-refractivity contribution in [3.8, 4) is 22.6 Å². The molecule has 39 heavy (non-hydrogen) atoms. The number of rotatable bonds is 9. The average Bonchev–Trinajstić information content (AvgIpc) is 3.34. The maximum atomic E-state index is 11.2. The van der Waals surface area contributed by atoms with Gasteiger partial charge >= 0.3 is 5.97 Å². The minimum absolute atomic E-state index is 0.0326. The first-order valence-electron chi connectivity index (χ1n) is 12.8. The quantitative estimate of drug-likeness (QED) is 0.214. The monoisotopic (exact) mass is 522 g/mol. The normalized spacial score (nSPS) is 11.2. The van der Waals surface area contributed by atoms with Gasteiger partial charge < -0.3 is 19.1 Å². The Morgan fingerprint density at radius 3 is 2.31 bits per heavy atom. The van der Waals surface area contributed by atoms with Crippen LogP contribution in [0.25, 0.3) is 21.9 Å². The summed E-state index contributed by atoms with van der Waals surface area (Å²) in [5, 5.41) is 15.2. The fraction of sp³-hybridized carbons (Fsp3) is 0.219. The van der Waals surface area contributed by atoms with E-state index in [0.29, 0.717) is 13.2 Å². The molecule has 5 aromatic rings. The summed E-state index contributed by atoms with van der Waals surface area (Å²) in [6.07, 6.45) is 1.59. The Labute approximate surface area is 227 Å². The minimum atomic E-state index is -1.04. The molecule has 0 atom stereocenters. The molecule has 0 unspecified atom stereocenters. The van der Waals surface area contributed by atoms with Gasteiger partial charge in [0.2, 0.25) is 0 Å². The van der Waals surface area contributed by atoms with Crippen LogP contribution in [-0.2, 0) is 13.2 Å². The second-order valence-electron chi connectivity index (χ2n) is 9.89. The van der Waals surface area contributed by atoms with Gasteiger partial charge in [0, 0.05) is 17.5 Å². The van der Waals surface area contributed by atoms with Crippen LogP contribution in [0.5, 0.6) is 11.5 Å². The third kappa shape index (κ3) is 5.62. The van der Waals surface area contributed by atoms with Crippen molar-refractivity contribution >= 4 is 16.7 Å². The molecule has 5 rings (SSSR count). The van der Waals surface area contributed by atoms with Crippen molar-refractivity contribution in [1.29, 1.82) is 0 Å². The van der Waals surface area contributed by atoms with Crippen molar-refractivity contribution < 1.29 is 23.9 Å². The molecule has 0 fully saturated rings. The number of carboxylic acid groups (broad SMARTS) is 1. The van der Waals surface area contributed by atoms with Crippen molar-refractivity contribution in [2.75, 3.05) is 0 Å². The molecule has 7 nitrogen and oxygen atoms in total. The van der Waals surface area contributed by atoms with Gasteiger partial charge in [0.15, 0.2) is 0 Å². The third-order valence-electron chi connectivity index (χ3n) is 6.70. The van der Waals surface area contributed by atoms with Crippen LogP contribution in [0.15, 0.2) is 77.4 Å². The molecule has 0 aliphatic heterocycles. The molecule has 0 spiro atoms. The minimum Gasteiger partial charge on any atom is -0.489 e. The number of aromatic carboxylic acids is 1. The molecule has 2 aromatic heterocycles. The molecular formula is C32H30N2O5. The SMILES string of the molecule is Cc1cccc(C)c1OCc1noc(C(C)C)c1COc1ccc(-c2ccc3cc(C(=O)O)ncc3c2)cc1. The zero-order valence-electron chi connectivity index (χ0n) is 22.4. The van der Waals surface area contributed by atoms with E-state index in [1.807, 2.05) is 74.5 Å². The Balaban J connectivity index is 1.30. The van der Waals surface area contributed by atoms with Crippen molar-refractivity contribution in [3.05, 3.63) is 107 Å². The maximum absolute atomic E-state index is 11.2. The Kier molecular flexibility index (Phi) is 7.32. The summed E-state index contributed by atoms with van der Waals surface area (Å²) in [5.74, 6) is 1.50. The summed E-state index contributed by atoms with van der Waals surface area (Å²) in [7, 11) is 0. The Morgan fingerprint density at radius 2 is 1.62 bits per heavy atom. The highest BCUT2D eigenvalue weighted by atomic mass is 16.5. The molecule has 0 radical (unpaired) electrons. The highest BCUT2D eigenvalue weighted by Crippen LogP contribution is 2.29. The van der Waals surface area contributed by atoms with Crippen LogP contribution >= 0.6 is 0 Å². The fourth-order valence-corrected chi connectivity index (χ4v) is 4.58. The van der Waals surface area contributed by atoms with E-state index >= 15 is 0 Å². The topological polar surface area (TPSA) is 94.7 Å². The number of benzene rings is 3. The summed E-state index contributed by atoms with van der Waals surface area (Å²) < 4.78 is 18.0. The number of fused-ring (bicyclic) bond motifs is 1. The van der Waals surface area contributed by atoms with Crippen LogP contribution < -0.4 is 9.47 Å². The Morgan fingerprint density at radius 1 is 0.897 bits per heavy atom. The van der Waals surface area contributed by atoms with E-state index in [9.17, 15) is 4.79 Å². The standard InChI is InChI=1S/C32H30N2O5/c1-19(2)30-27(29(34-39-30)18-38-31-20(3)6-5-7-21(31)4)17-37-26-12-10-22(11-13-26)23-8-9-24-15-28(32(35)36)33-16-25(24)14-23/h5-16,19H,17-18H2,1-4H3,(H,35,36). The Hall–Kier alpha value is -4.65. The van der Waals surface area contributed by atoms with E-state index in [1.165, 1.54) is 0 Å². The summed E-state index contributed by atoms with van der Waals surface area (Å²) in [6.45, 7) is 8.80. The van der Waals surface area contributed by atoms with Crippen LogP contribution in [0.3, 0.4) is 0 Å². The number of hydrogen-bond donors (Lipinski definition) is 1. The van der Waals surface area contributed by atoms with Gasteiger partial charge in [0.1, 0.15) is 41.9 Å². The maximum Gasteiger partial charge on any atom is 0.354 e. The molecular weight excluding hydrogens is 492 g/mol. The lowest BCUT2D eigenvalue weighted by Gasteiger charge is -2.13. The predicted octanol–water partition coefficient (Wildman–Crippen LogP) is 7.49. The second-order valence-corrected chi connectivity index (χ2v) is 9.89. The van der Waals surface area contributed by atoms with Gasteiger partial charge in [0.05, 0.1) is 5.56 Å². The second kappa shape index (κ2) is 11.0. The number of aryl methyl sites for hydroxylation is 2. The smallest absolute Gasteiger partial charge is 0.354 e. The molecule has 0 amide bonds. The number of carboxylic acids is 1. The zero-order valence-corrected chi connectivity index (χ0v) is 22.4. The van der Waals surface area contributed by atoms with Crippen LogP contribution in [0, 0.1) is 13.8 Å². The van der Waals surface area contributed by atoms with Crippen molar-refractivity contribution in [2.45, 2.75) is 46.8 Å². The Bertz CT molecular complexity index is 1620. The molecule has 0 bridgehead atoms. The number of ether oxygens (including phenoxy) is 2. The van der Waals surface area contributed by atoms with Gasteiger partial charge in [-0.15, -0.1) is 0 Å². The van der Waals surface area contributed by atoms with Crippen molar-refractivity contribution in [2.24, 2.45) is 0 Å². The lowest BCUT2D eigenvalue weighted by molar-refractivity contribution is 0.0690. The highest BCUT2D eigenvalue weighted by molar-refractivity contribution is 5.93. The number of carbonyl (C=O) groups is 1. The molecule has 2 heterocycles. The number of aromatic nitrogens is 2. The van der Waals surface area contributed by atoms with Gasteiger partial charge in [-0.3, -0.25) is 0 Å². The average molecular weight is 523 g/mol. The van der Waals surface area contributed by atoms with E-state index in [4.69, 9.17) is 19.1 Å². The predicted molar refractivity (Wildman–Crippen MR) is 149 cm³/mol. The van der Waals surface area contributed by atoms with Gasteiger partial charge in [-0.05, 0) is 65.8 Å². The lowest BCUT2D eigenvalue weighted by Crippen LogP contribution is -2.06. The molecule has 3 aromatic carbocycles. The van der Waals surface area contributed by atoms with E-state index < -0.39 is 5.97 Å². The zero-order chi connectivity index (χ0) is 27.5. The molecule has 0 aliphatic carbocycles. The molecule has 0 aliphatic rings. The van der Waals surface area contributed by atoms with Gasteiger partial charge in [-0.25, -0.2) is 9.78 Å². The van der Waals surface area contributed by atoms with Gasteiger partial charge in [0.25, 0.3) is 0 Å². The molecule has 0 saturated carbocycles. The number of hydrogen-bond acceptors (Lipinski definition) is 6. The van der Waals surface area contributed by atoms with Crippen LogP contribution in [-0.4, -0.2) is 21.2 Å². The first-order chi connectivity index (χ1) is 18.8. The van der Waals surface area contributed by atoms with Crippen LogP contribution in [0.4, 0.5) is 0 Å². The first-order valence-corrected chi connectivity index (χ1v) is 12.8. The van der Waals surface area contributed by atoms with Crippen LogP contribution in [0.1, 0.15) is 58.4 Å². The van der Waals surface area contributed by atoms with Crippen LogP contribution in [0.2, 0.25) is 0 Å². The summed E-state index contributed by atoms with van der Waals surface area (Å²) in [6, 6.07) is 21.4. The van der Waals surface area contributed by atoms with Crippen molar-refractivity contribution in [3.63, 3.8) is 0 Å². The van der Waals surface area contributed by atoms with Gasteiger partial charge in [-0.1, -0.05) is 61.5 Å². The lowest BCUT2D eigenvalue weighted by atomic mass is 10.0. The van der Waals surface area contributed by atoms with E-state index in [1.54, 1.807) is 12.3 Å². The highest BCUT2D eigenvalue weighted by Gasteiger charge is 2.20. The fourth-order valence-electron chi connectivity index (χ4n) is 4.58. The summed E-state index contributed by atoms with van der Waals surface area (Å²) in [4.78, 5) is 15.2. The first kappa shape index (κ1) is 26.0. The number of pyridine rings is 1. The largest absolute Gasteiger partial charge is 0.489 e. The number of nitrogens with zero attached hydrogens (tertiary/aromatic N) is 2. The molecule has 0 saturated heterocycles. The van der Waals surface area contributed by atoms with Gasteiger partial charge in [-0.2, -0.15) is 0 Å².